The Morgan fingerprint density at radius 3 is 2.46 bits per heavy atom. The van der Waals surface area contributed by atoms with Gasteiger partial charge in [0.1, 0.15) is 11.5 Å². The first-order chi connectivity index (χ1) is 12.4. The van der Waals surface area contributed by atoms with E-state index < -0.39 is 6.10 Å². The van der Waals surface area contributed by atoms with Gasteiger partial charge in [0.05, 0.1) is 13.3 Å². The Labute approximate surface area is 155 Å². The first-order valence-electron chi connectivity index (χ1n) is 8.65. The van der Waals surface area contributed by atoms with Crippen LogP contribution >= 0.6 is 0 Å². The van der Waals surface area contributed by atoms with Crippen LogP contribution < -0.4 is 14.9 Å². The molecule has 2 aromatic rings. The molecule has 0 aromatic heterocycles. The Kier molecular flexibility index (Phi) is 6.78. The molecule has 0 heterocycles. The molecular weight excluding hydrogens is 328 g/mol. The van der Waals surface area contributed by atoms with E-state index in [9.17, 15) is 4.79 Å². The number of hydrogen-bond acceptors (Lipinski definition) is 4. The number of hydrazone groups is 1. The van der Waals surface area contributed by atoms with Crippen LogP contribution in [0.3, 0.4) is 0 Å². The number of carbonyl (C=O) groups excluding carboxylic acids is 1. The van der Waals surface area contributed by atoms with Gasteiger partial charge in [0.25, 0.3) is 5.91 Å². The van der Waals surface area contributed by atoms with Crippen molar-refractivity contribution in [2.45, 2.75) is 39.7 Å². The topological polar surface area (TPSA) is 59.9 Å². The van der Waals surface area contributed by atoms with Gasteiger partial charge in [-0.25, -0.2) is 5.43 Å². The fourth-order valence-electron chi connectivity index (χ4n) is 2.50. The maximum atomic E-state index is 12.1. The SMILES string of the molecule is COc1cc(C)c(/C=N/NC(=O)[C@H](C)Oc2ccccc2)cc1C(C)C. The molecule has 2 aromatic carbocycles. The van der Waals surface area contributed by atoms with Gasteiger partial charge in [-0.2, -0.15) is 5.10 Å². The Morgan fingerprint density at radius 2 is 1.85 bits per heavy atom. The van der Waals surface area contributed by atoms with E-state index in [0.717, 1.165) is 22.4 Å². The lowest BCUT2D eigenvalue weighted by Crippen LogP contribution is -2.33. The number of para-hydroxylation sites is 1. The number of carbonyl (C=O) groups is 1. The number of rotatable bonds is 7. The van der Waals surface area contributed by atoms with Crippen LogP contribution in [0.15, 0.2) is 47.6 Å². The fraction of sp³-hybridized carbons (Fsp3) is 0.333. The highest BCUT2D eigenvalue weighted by atomic mass is 16.5. The van der Waals surface area contributed by atoms with E-state index >= 15 is 0 Å². The molecule has 0 aliphatic rings. The maximum Gasteiger partial charge on any atom is 0.280 e. The van der Waals surface area contributed by atoms with Gasteiger partial charge < -0.3 is 9.47 Å². The second-order valence-corrected chi connectivity index (χ2v) is 6.41. The summed E-state index contributed by atoms with van der Waals surface area (Å²) in [4.78, 5) is 12.1. The predicted molar refractivity (Wildman–Crippen MR) is 104 cm³/mol. The number of methoxy groups -OCH3 is 1. The largest absolute Gasteiger partial charge is 0.496 e. The Bertz CT molecular complexity index is 770. The number of ether oxygens (including phenoxy) is 2. The molecule has 0 radical (unpaired) electrons. The van der Waals surface area contributed by atoms with Gasteiger partial charge in [-0.15, -0.1) is 0 Å². The molecular formula is C21H26N2O3. The van der Waals surface area contributed by atoms with Crippen LogP contribution in [0.4, 0.5) is 0 Å². The highest BCUT2D eigenvalue weighted by molar-refractivity contribution is 5.85. The lowest BCUT2D eigenvalue weighted by molar-refractivity contribution is -0.127. The minimum Gasteiger partial charge on any atom is -0.496 e. The van der Waals surface area contributed by atoms with Crippen molar-refractivity contribution in [1.29, 1.82) is 0 Å². The average molecular weight is 354 g/mol. The van der Waals surface area contributed by atoms with Crippen molar-refractivity contribution in [3.63, 3.8) is 0 Å². The summed E-state index contributed by atoms with van der Waals surface area (Å²) in [7, 11) is 1.67. The summed E-state index contributed by atoms with van der Waals surface area (Å²) in [6.07, 6.45) is 1.01. The predicted octanol–water partition coefficient (Wildman–Crippen LogP) is 4.04. The summed E-state index contributed by atoms with van der Waals surface area (Å²) in [6.45, 7) is 7.89. The first-order valence-corrected chi connectivity index (χ1v) is 8.65. The molecule has 138 valence electrons. The lowest BCUT2D eigenvalue weighted by atomic mass is 9.97. The number of nitrogens with zero attached hydrogens (tertiary/aromatic N) is 1. The number of nitrogens with one attached hydrogen (secondary N) is 1. The highest BCUT2D eigenvalue weighted by Crippen LogP contribution is 2.29. The van der Waals surface area contributed by atoms with E-state index in [1.807, 2.05) is 37.3 Å². The van der Waals surface area contributed by atoms with Crippen LogP contribution in [0, 0.1) is 6.92 Å². The van der Waals surface area contributed by atoms with Crippen LogP contribution in [0.5, 0.6) is 11.5 Å². The molecule has 5 nitrogen and oxygen atoms in total. The molecule has 0 aliphatic carbocycles. The van der Waals surface area contributed by atoms with E-state index in [2.05, 4.69) is 24.4 Å². The first kappa shape index (κ1) is 19.5. The normalized spacial score (nSPS) is 12.2. The second kappa shape index (κ2) is 9.04. The molecule has 0 fully saturated rings. The van der Waals surface area contributed by atoms with Crippen LogP contribution in [0.25, 0.3) is 0 Å². The van der Waals surface area contributed by atoms with Gasteiger partial charge in [-0.1, -0.05) is 32.0 Å². The average Bonchev–Trinajstić information content (AvgIpc) is 2.63. The van der Waals surface area contributed by atoms with Gasteiger partial charge in [0.15, 0.2) is 6.10 Å². The zero-order valence-electron chi connectivity index (χ0n) is 15.9. The van der Waals surface area contributed by atoms with Gasteiger partial charge >= 0.3 is 0 Å². The minimum absolute atomic E-state index is 0.305. The number of benzene rings is 2. The highest BCUT2D eigenvalue weighted by Gasteiger charge is 2.14. The third-order valence-corrected chi connectivity index (χ3v) is 4.04. The van der Waals surface area contributed by atoms with Gasteiger partial charge in [-0.05, 0) is 60.7 Å². The summed E-state index contributed by atoms with van der Waals surface area (Å²) < 4.78 is 11.0. The molecule has 0 unspecified atom stereocenters. The van der Waals surface area contributed by atoms with E-state index in [4.69, 9.17) is 9.47 Å². The van der Waals surface area contributed by atoms with Crippen molar-refractivity contribution in [1.82, 2.24) is 5.43 Å². The van der Waals surface area contributed by atoms with Crippen molar-refractivity contribution in [3.05, 3.63) is 59.2 Å². The summed E-state index contributed by atoms with van der Waals surface area (Å²) in [6, 6.07) is 13.2. The number of hydrogen-bond donors (Lipinski definition) is 1. The molecule has 0 saturated carbocycles. The van der Waals surface area contributed by atoms with E-state index in [0.29, 0.717) is 11.7 Å². The molecule has 5 heteroatoms. The Morgan fingerprint density at radius 1 is 1.15 bits per heavy atom. The standard InChI is InChI=1S/C21H26N2O3/c1-14(2)19-12-17(15(3)11-20(19)25-5)13-22-23-21(24)16(4)26-18-9-7-6-8-10-18/h6-14,16H,1-5H3,(H,23,24)/b22-13+/t16-/m0/s1. The third kappa shape index (κ3) is 5.09. The zero-order valence-corrected chi connectivity index (χ0v) is 15.9. The van der Waals surface area contributed by atoms with Gasteiger partial charge in [-0.3, -0.25) is 4.79 Å². The summed E-state index contributed by atoms with van der Waals surface area (Å²) in [5.74, 6) is 1.53. The van der Waals surface area contributed by atoms with Crippen molar-refractivity contribution >= 4 is 12.1 Å². The van der Waals surface area contributed by atoms with E-state index in [1.54, 1.807) is 32.4 Å². The third-order valence-electron chi connectivity index (χ3n) is 4.04. The minimum atomic E-state index is -0.641. The molecule has 1 atom stereocenters. The van der Waals surface area contributed by atoms with Gasteiger partial charge in [0, 0.05) is 0 Å². The quantitative estimate of drug-likeness (QED) is 0.603. The van der Waals surface area contributed by atoms with Crippen LogP contribution in [0.2, 0.25) is 0 Å². The van der Waals surface area contributed by atoms with Crippen molar-refractivity contribution in [2.24, 2.45) is 5.10 Å². The summed E-state index contributed by atoms with van der Waals surface area (Å²) in [5.41, 5.74) is 5.60. The fourth-order valence-corrected chi connectivity index (χ4v) is 2.50. The van der Waals surface area contributed by atoms with E-state index in [1.165, 1.54) is 0 Å². The zero-order chi connectivity index (χ0) is 19.1. The molecule has 1 N–H and O–H groups in total. The molecule has 0 aliphatic heterocycles. The number of aryl methyl sites for hydroxylation is 1. The molecule has 1 amide bonds. The molecule has 0 saturated heterocycles. The van der Waals surface area contributed by atoms with Crippen molar-refractivity contribution < 1.29 is 14.3 Å². The summed E-state index contributed by atoms with van der Waals surface area (Å²) >= 11 is 0. The Hall–Kier alpha value is -2.82. The van der Waals surface area contributed by atoms with Crippen LogP contribution in [0.1, 0.15) is 43.4 Å². The van der Waals surface area contributed by atoms with Crippen molar-refractivity contribution in [3.8, 4) is 11.5 Å². The molecule has 0 bridgehead atoms. The molecule has 0 spiro atoms. The Balaban J connectivity index is 2.03. The molecule has 26 heavy (non-hydrogen) atoms. The lowest BCUT2D eigenvalue weighted by Gasteiger charge is -2.14. The maximum absolute atomic E-state index is 12.1. The van der Waals surface area contributed by atoms with Crippen molar-refractivity contribution in [2.75, 3.05) is 7.11 Å². The monoisotopic (exact) mass is 354 g/mol. The van der Waals surface area contributed by atoms with Crippen LogP contribution in [-0.4, -0.2) is 25.3 Å². The second-order valence-electron chi connectivity index (χ2n) is 6.41. The molecule has 2 rings (SSSR count). The van der Waals surface area contributed by atoms with E-state index in [-0.39, 0.29) is 5.91 Å². The van der Waals surface area contributed by atoms with Gasteiger partial charge in [0.2, 0.25) is 0 Å². The number of amides is 1. The smallest absolute Gasteiger partial charge is 0.280 e. The van der Waals surface area contributed by atoms with Crippen LogP contribution in [-0.2, 0) is 4.79 Å². The summed E-state index contributed by atoms with van der Waals surface area (Å²) in [5, 5.41) is 4.08.